The molecule has 3 rings (SSSR count). The van der Waals surface area contributed by atoms with Gasteiger partial charge in [-0.3, -0.25) is 9.58 Å². The predicted molar refractivity (Wildman–Crippen MR) is 62.5 cm³/mol. The normalized spacial score (nSPS) is 16.4. The summed E-state index contributed by atoms with van der Waals surface area (Å²) < 4.78 is 7.04. The van der Waals surface area contributed by atoms with E-state index in [0.717, 1.165) is 31.1 Å². The molecule has 1 aliphatic rings. The van der Waals surface area contributed by atoms with E-state index < -0.39 is 0 Å². The number of hydrogen-bond donors (Lipinski definition) is 0. The highest BCUT2D eigenvalue weighted by Crippen LogP contribution is 2.23. The van der Waals surface area contributed by atoms with Crippen LogP contribution in [0.15, 0.2) is 23.2 Å². The number of aryl methyl sites for hydroxylation is 1. The van der Waals surface area contributed by atoms with E-state index in [1.54, 1.807) is 12.4 Å². The molecular weight excluding hydrogens is 230 g/mol. The molecule has 0 aliphatic carbocycles. The van der Waals surface area contributed by atoms with Crippen LogP contribution in [0.2, 0.25) is 0 Å². The van der Waals surface area contributed by atoms with E-state index in [0.29, 0.717) is 11.6 Å². The molecule has 3 heterocycles. The molecule has 0 atom stereocenters. The molecule has 2 aromatic heterocycles. The van der Waals surface area contributed by atoms with Gasteiger partial charge in [0.15, 0.2) is 6.39 Å². The van der Waals surface area contributed by atoms with Gasteiger partial charge in [-0.25, -0.2) is 4.98 Å². The van der Waals surface area contributed by atoms with Gasteiger partial charge in [-0.15, -0.1) is 0 Å². The average Bonchev–Trinajstić information content (AvgIpc) is 2.92. The lowest BCUT2D eigenvalue weighted by Gasteiger charge is -2.38. The monoisotopic (exact) mass is 243 g/mol. The van der Waals surface area contributed by atoms with Gasteiger partial charge in [0.05, 0.1) is 23.5 Å². The maximum Gasteiger partial charge on any atom is 0.181 e. The van der Waals surface area contributed by atoms with Gasteiger partial charge in [0.1, 0.15) is 11.8 Å². The van der Waals surface area contributed by atoms with Crippen molar-refractivity contribution < 1.29 is 4.42 Å². The summed E-state index contributed by atoms with van der Waals surface area (Å²) in [6, 6.07) is 2.45. The molecule has 92 valence electrons. The van der Waals surface area contributed by atoms with Crippen molar-refractivity contribution in [2.75, 3.05) is 13.1 Å². The summed E-state index contributed by atoms with van der Waals surface area (Å²) in [6.07, 6.45) is 4.88. The lowest BCUT2D eigenvalue weighted by molar-refractivity contribution is 0.0892. The maximum absolute atomic E-state index is 8.74. The lowest BCUT2D eigenvalue weighted by Crippen LogP contribution is -2.47. The van der Waals surface area contributed by atoms with Crippen molar-refractivity contribution in [2.24, 2.45) is 0 Å². The molecule has 0 saturated carbocycles. The second kappa shape index (κ2) is 4.27. The topological polar surface area (TPSA) is 70.9 Å². The molecular formula is C12H13N5O. The van der Waals surface area contributed by atoms with Gasteiger partial charge in [-0.1, -0.05) is 0 Å². The fourth-order valence-electron chi connectivity index (χ4n) is 2.13. The highest BCUT2D eigenvalue weighted by atomic mass is 16.3. The standard InChI is InChI=1S/C12H13N5O/c1-9-12(14-8-18-9)7-16-5-11(6-16)17-4-10(2-13)3-15-17/h3-4,8,11H,5-7H2,1H3. The number of aromatic nitrogens is 3. The first-order valence-electron chi connectivity index (χ1n) is 5.82. The summed E-state index contributed by atoms with van der Waals surface area (Å²) in [5.41, 5.74) is 1.60. The van der Waals surface area contributed by atoms with Crippen molar-refractivity contribution >= 4 is 0 Å². The minimum Gasteiger partial charge on any atom is -0.448 e. The molecule has 0 N–H and O–H groups in total. The summed E-state index contributed by atoms with van der Waals surface area (Å²) in [5.74, 6) is 0.879. The number of rotatable bonds is 3. The zero-order chi connectivity index (χ0) is 12.5. The quantitative estimate of drug-likeness (QED) is 0.807. The number of oxazole rings is 1. The number of nitrogens with zero attached hydrogens (tertiary/aromatic N) is 5. The second-order valence-electron chi connectivity index (χ2n) is 4.52. The van der Waals surface area contributed by atoms with Crippen molar-refractivity contribution in [3.8, 4) is 6.07 Å². The third-order valence-corrected chi connectivity index (χ3v) is 3.26. The van der Waals surface area contributed by atoms with E-state index in [9.17, 15) is 0 Å². The Hall–Kier alpha value is -2.13. The maximum atomic E-state index is 8.74. The minimum atomic E-state index is 0.360. The van der Waals surface area contributed by atoms with E-state index in [4.69, 9.17) is 9.68 Å². The fourth-order valence-corrected chi connectivity index (χ4v) is 2.13. The summed E-state index contributed by atoms with van der Waals surface area (Å²) in [7, 11) is 0. The largest absolute Gasteiger partial charge is 0.448 e. The molecule has 0 amide bonds. The van der Waals surface area contributed by atoms with Gasteiger partial charge in [0.2, 0.25) is 0 Å². The van der Waals surface area contributed by atoms with Crippen LogP contribution in [-0.2, 0) is 6.54 Å². The van der Waals surface area contributed by atoms with Gasteiger partial charge < -0.3 is 4.42 Å². The Morgan fingerprint density at radius 2 is 2.39 bits per heavy atom. The van der Waals surface area contributed by atoms with Gasteiger partial charge in [0, 0.05) is 25.8 Å². The molecule has 0 aromatic carbocycles. The molecule has 0 spiro atoms. The van der Waals surface area contributed by atoms with Crippen LogP contribution in [0.1, 0.15) is 23.1 Å². The molecule has 0 unspecified atom stereocenters. The molecule has 1 aliphatic heterocycles. The second-order valence-corrected chi connectivity index (χ2v) is 4.52. The minimum absolute atomic E-state index is 0.360. The predicted octanol–water partition coefficient (Wildman–Crippen LogP) is 1.11. The van der Waals surface area contributed by atoms with Crippen LogP contribution < -0.4 is 0 Å². The first-order chi connectivity index (χ1) is 8.76. The Labute approximate surface area is 104 Å². The highest BCUT2D eigenvalue weighted by Gasteiger charge is 2.29. The van der Waals surface area contributed by atoms with Gasteiger partial charge in [-0.05, 0) is 6.92 Å². The van der Waals surface area contributed by atoms with E-state index in [1.807, 2.05) is 11.6 Å². The number of hydrogen-bond acceptors (Lipinski definition) is 5. The smallest absolute Gasteiger partial charge is 0.181 e. The zero-order valence-corrected chi connectivity index (χ0v) is 10.1. The Bertz CT molecular complexity index is 588. The zero-order valence-electron chi connectivity index (χ0n) is 10.1. The first kappa shape index (κ1) is 11.0. The molecule has 6 heteroatoms. The van der Waals surface area contributed by atoms with Crippen LogP contribution in [0, 0.1) is 18.3 Å². The van der Waals surface area contributed by atoms with Crippen molar-refractivity contribution in [2.45, 2.75) is 19.5 Å². The van der Waals surface area contributed by atoms with Gasteiger partial charge in [0.25, 0.3) is 0 Å². The van der Waals surface area contributed by atoms with Crippen molar-refractivity contribution in [3.05, 3.63) is 35.8 Å². The highest BCUT2D eigenvalue weighted by molar-refractivity contribution is 5.22. The van der Waals surface area contributed by atoms with Crippen LogP contribution in [-0.4, -0.2) is 32.8 Å². The number of likely N-dealkylation sites (tertiary alicyclic amines) is 1. The van der Waals surface area contributed by atoms with E-state index >= 15 is 0 Å². The molecule has 2 aromatic rings. The Kier molecular flexibility index (Phi) is 2.61. The summed E-state index contributed by atoms with van der Waals surface area (Å²) in [4.78, 5) is 6.46. The Balaban J connectivity index is 1.57. The molecule has 0 radical (unpaired) electrons. The SMILES string of the molecule is Cc1ocnc1CN1CC(n2cc(C#N)cn2)C1. The molecule has 18 heavy (non-hydrogen) atoms. The van der Waals surface area contributed by atoms with Crippen LogP contribution in [0.25, 0.3) is 0 Å². The van der Waals surface area contributed by atoms with Crippen LogP contribution in [0.5, 0.6) is 0 Å². The Morgan fingerprint density at radius 1 is 1.56 bits per heavy atom. The van der Waals surface area contributed by atoms with Gasteiger partial charge >= 0.3 is 0 Å². The summed E-state index contributed by atoms with van der Waals surface area (Å²) in [5, 5.41) is 12.9. The van der Waals surface area contributed by atoms with E-state index in [1.165, 1.54) is 6.39 Å². The average molecular weight is 243 g/mol. The molecule has 0 bridgehead atoms. The van der Waals surface area contributed by atoms with E-state index in [-0.39, 0.29) is 0 Å². The van der Waals surface area contributed by atoms with E-state index in [2.05, 4.69) is 21.1 Å². The van der Waals surface area contributed by atoms with Crippen LogP contribution >= 0.6 is 0 Å². The van der Waals surface area contributed by atoms with Crippen molar-refractivity contribution in [1.29, 1.82) is 5.26 Å². The van der Waals surface area contributed by atoms with Crippen molar-refractivity contribution in [1.82, 2.24) is 19.7 Å². The molecule has 1 fully saturated rings. The Morgan fingerprint density at radius 3 is 3.00 bits per heavy atom. The van der Waals surface area contributed by atoms with Crippen molar-refractivity contribution in [3.63, 3.8) is 0 Å². The van der Waals surface area contributed by atoms with Crippen LogP contribution in [0.3, 0.4) is 0 Å². The van der Waals surface area contributed by atoms with Gasteiger partial charge in [-0.2, -0.15) is 10.4 Å². The molecule has 6 nitrogen and oxygen atoms in total. The number of nitriles is 1. The molecule has 1 saturated heterocycles. The third kappa shape index (κ3) is 1.89. The fraction of sp³-hybridized carbons (Fsp3) is 0.417. The van der Waals surface area contributed by atoms with Crippen LogP contribution in [0.4, 0.5) is 0 Å². The lowest BCUT2D eigenvalue weighted by atomic mass is 10.1. The summed E-state index contributed by atoms with van der Waals surface area (Å²) in [6.45, 7) is 4.59. The summed E-state index contributed by atoms with van der Waals surface area (Å²) >= 11 is 0. The third-order valence-electron chi connectivity index (χ3n) is 3.26. The first-order valence-corrected chi connectivity index (χ1v) is 5.82.